The van der Waals surface area contributed by atoms with Crippen molar-refractivity contribution in [1.29, 1.82) is 0 Å². The van der Waals surface area contributed by atoms with Gasteiger partial charge in [-0.1, -0.05) is 50.2 Å². The van der Waals surface area contributed by atoms with Crippen molar-refractivity contribution in [2.45, 2.75) is 19.8 Å². The highest BCUT2D eigenvalue weighted by Gasteiger charge is 2.24. The third-order valence-corrected chi connectivity index (χ3v) is 3.82. The number of pyridine rings is 1. The van der Waals surface area contributed by atoms with Crippen LogP contribution in [0.2, 0.25) is 0 Å². The number of aromatic carboxylic acids is 1. The molecular formula is C19H16FNO2. The second kappa shape index (κ2) is 5.80. The van der Waals surface area contributed by atoms with E-state index in [1.807, 2.05) is 26.0 Å². The molecule has 0 unspecified atom stereocenters. The summed E-state index contributed by atoms with van der Waals surface area (Å²) in [5.41, 5.74) is 1.88. The number of fused-ring (bicyclic) bond motifs is 1. The Kier molecular flexibility index (Phi) is 3.82. The number of rotatable bonds is 3. The molecule has 1 N–H and O–H groups in total. The fourth-order valence-corrected chi connectivity index (χ4v) is 2.81. The van der Waals surface area contributed by atoms with E-state index in [4.69, 9.17) is 0 Å². The topological polar surface area (TPSA) is 50.2 Å². The normalized spacial score (nSPS) is 11.1. The molecule has 0 bridgehead atoms. The number of hydrogen-bond donors (Lipinski definition) is 1. The highest BCUT2D eigenvalue weighted by Crippen LogP contribution is 2.36. The molecule has 3 rings (SSSR count). The maximum Gasteiger partial charge on any atom is 0.338 e. The zero-order valence-corrected chi connectivity index (χ0v) is 12.9. The van der Waals surface area contributed by atoms with Crippen LogP contribution in [0.25, 0.3) is 22.0 Å². The first kappa shape index (κ1) is 15.2. The average molecular weight is 309 g/mol. The van der Waals surface area contributed by atoms with E-state index in [9.17, 15) is 14.3 Å². The molecule has 1 heterocycles. The van der Waals surface area contributed by atoms with Crippen LogP contribution in [0.4, 0.5) is 4.39 Å². The van der Waals surface area contributed by atoms with Gasteiger partial charge < -0.3 is 5.11 Å². The van der Waals surface area contributed by atoms with Gasteiger partial charge in [0.1, 0.15) is 5.82 Å². The summed E-state index contributed by atoms with van der Waals surface area (Å²) in [7, 11) is 0. The summed E-state index contributed by atoms with van der Waals surface area (Å²) < 4.78 is 14.4. The third kappa shape index (κ3) is 2.57. The number of benzene rings is 2. The molecule has 116 valence electrons. The standard InChI is InChI=1S/C19H16FNO2/c1-11(2)18-17(19(22)23)16(12-7-3-5-9-14(12)20)13-8-4-6-10-15(13)21-18/h3-11H,1-2H3,(H,22,23). The van der Waals surface area contributed by atoms with Gasteiger partial charge in [-0.05, 0) is 18.1 Å². The van der Waals surface area contributed by atoms with Crippen LogP contribution in [0, 0.1) is 5.82 Å². The fraction of sp³-hybridized carbons (Fsp3) is 0.158. The quantitative estimate of drug-likeness (QED) is 0.751. The molecule has 1 aromatic heterocycles. The molecule has 0 aliphatic rings. The van der Waals surface area contributed by atoms with Crippen LogP contribution < -0.4 is 0 Å². The van der Waals surface area contributed by atoms with E-state index in [2.05, 4.69) is 4.98 Å². The van der Waals surface area contributed by atoms with Gasteiger partial charge in [-0.25, -0.2) is 9.18 Å². The van der Waals surface area contributed by atoms with Crippen LogP contribution >= 0.6 is 0 Å². The van der Waals surface area contributed by atoms with E-state index in [-0.39, 0.29) is 17.0 Å². The summed E-state index contributed by atoms with van der Waals surface area (Å²) in [5, 5.41) is 10.4. The predicted molar refractivity (Wildman–Crippen MR) is 88.2 cm³/mol. The van der Waals surface area contributed by atoms with Crippen LogP contribution in [0.3, 0.4) is 0 Å². The molecule has 0 atom stereocenters. The Labute approximate surface area is 133 Å². The van der Waals surface area contributed by atoms with Crippen molar-refractivity contribution < 1.29 is 14.3 Å². The largest absolute Gasteiger partial charge is 0.478 e. The molecule has 0 saturated heterocycles. The van der Waals surface area contributed by atoms with Crippen LogP contribution in [-0.2, 0) is 0 Å². The van der Waals surface area contributed by atoms with Crippen LogP contribution in [0.1, 0.15) is 35.8 Å². The van der Waals surface area contributed by atoms with Crippen LogP contribution in [-0.4, -0.2) is 16.1 Å². The monoisotopic (exact) mass is 309 g/mol. The van der Waals surface area contributed by atoms with Crippen molar-refractivity contribution in [2.24, 2.45) is 0 Å². The molecular weight excluding hydrogens is 293 g/mol. The van der Waals surface area contributed by atoms with E-state index < -0.39 is 11.8 Å². The number of carboxylic acid groups (broad SMARTS) is 1. The van der Waals surface area contributed by atoms with Gasteiger partial charge >= 0.3 is 5.97 Å². The van der Waals surface area contributed by atoms with Crippen molar-refractivity contribution in [3.8, 4) is 11.1 Å². The lowest BCUT2D eigenvalue weighted by Crippen LogP contribution is -2.10. The molecule has 0 saturated carbocycles. The van der Waals surface area contributed by atoms with Gasteiger partial charge in [0.2, 0.25) is 0 Å². The van der Waals surface area contributed by atoms with Gasteiger partial charge in [-0.15, -0.1) is 0 Å². The van der Waals surface area contributed by atoms with Gasteiger partial charge in [-0.3, -0.25) is 4.98 Å². The Morgan fingerprint density at radius 3 is 2.39 bits per heavy atom. The van der Waals surface area contributed by atoms with E-state index in [0.29, 0.717) is 22.2 Å². The molecule has 3 nitrogen and oxygen atoms in total. The number of carboxylic acids is 1. The summed E-state index contributed by atoms with van der Waals surface area (Å²) in [6.45, 7) is 3.77. The van der Waals surface area contributed by atoms with E-state index in [1.54, 1.807) is 30.3 Å². The molecule has 0 aliphatic heterocycles. The highest BCUT2D eigenvalue weighted by atomic mass is 19.1. The Morgan fingerprint density at radius 1 is 1.09 bits per heavy atom. The van der Waals surface area contributed by atoms with E-state index in [0.717, 1.165) is 0 Å². The first-order valence-electron chi connectivity index (χ1n) is 7.41. The first-order valence-corrected chi connectivity index (χ1v) is 7.41. The minimum absolute atomic E-state index is 0.0730. The van der Waals surface area contributed by atoms with E-state index in [1.165, 1.54) is 6.07 Å². The highest BCUT2D eigenvalue weighted by molar-refractivity contribution is 6.07. The van der Waals surface area contributed by atoms with Gasteiger partial charge in [0, 0.05) is 16.5 Å². The number of aromatic nitrogens is 1. The molecule has 0 amide bonds. The number of para-hydroxylation sites is 1. The lowest BCUT2D eigenvalue weighted by atomic mass is 9.91. The third-order valence-electron chi connectivity index (χ3n) is 3.82. The Bertz CT molecular complexity index is 903. The molecule has 23 heavy (non-hydrogen) atoms. The number of carbonyl (C=O) groups is 1. The van der Waals surface area contributed by atoms with Crippen LogP contribution in [0.5, 0.6) is 0 Å². The van der Waals surface area contributed by atoms with Crippen LogP contribution in [0.15, 0.2) is 48.5 Å². The van der Waals surface area contributed by atoms with Crippen molar-refractivity contribution in [3.05, 3.63) is 65.6 Å². The minimum atomic E-state index is -1.09. The summed E-state index contributed by atoms with van der Waals surface area (Å²) in [4.78, 5) is 16.4. The van der Waals surface area contributed by atoms with Crippen molar-refractivity contribution in [3.63, 3.8) is 0 Å². The first-order chi connectivity index (χ1) is 11.0. The predicted octanol–water partition coefficient (Wildman–Crippen LogP) is 4.86. The average Bonchev–Trinajstić information content (AvgIpc) is 2.53. The smallest absolute Gasteiger partial charge is 0.338 e. The lowest BCUT2D eigenvalue weighted by Gasteiger charge is -2.17. The molecule has 3 aromatic rings. The Balaban J connectivity index is 2.53. The fourth-order valence-electron chi connectivity index (χ4n) is 2.81. The summed E-state index contributed by atoms with van der Waals surface area (Å²) >= 11 is 0. The molecule has 2 aromatic carbocycles. The number of halogens is 1. The molecule has 0 radical (unpaired) electrons. The second-order valence-corrected chi connectivity index (χ2v) is 5.70. The molecule has 4 heteroatoms. The van der Waals surface area contributed by atoms with Crippen molar-refractivity contribution >= 4 is 16.9 Å². The minimum Gasteiger partial charge on any atom is -0.478 e. The van der Waals surface area contributed by atoms with Gasteiger partial charge in [0.05, 0.1) is 16.8 Å². The number of nitrogens with zero attached hydrogens (tertiary/aromatic N) is 1. The Hall–Kier alpha value is -2.75. The maximum absolute atomic E-state index is 14.4. The van der Waals surface area contributed by atoms with Crippen molar-refractivity contribution in [1.82, 2.24) is 4.98 Å². The molecule has 0 spiro atoms. The SMILES string of the molecule is CC(C)c1nc2ccccc2c(-c2ccccc2F)c1C(=O)O. The lowest BCUT2D eigenvalue weighted by molar-refractivity contribution is 0.0695. The van der Waals surface area contributed by atoms with Crippen molar-refractivity contribution in [2.75, 3.05) is 0 Å². The summed E-state index contributed by atoms with van der Waals surface area (Å²) in [5.74, 6) is -1.62. The van der Waals surface area contributed by atoms with Gasteiger partial charge in [-0.2, -0.15) is 0 Å². The van der Waals surface area contributed by atoms with Gasteiger partial charge in [0.15, 0.2) is 0 Å². The number of hydrogen-bond acceptors (Lipinski definition) is 2. The maximum atomic E-state index is 14.4. The second-order valence-electron chi connectivity index (χ2n) is 5.70. The summed E-state index contributed by atoms with van der Waals surface area (Å²) in [6, 6.07) is 13.5. The summed E-state index contributed by atoms with van der Waals surface area (Å²) in [6.07, 6.45) is 0. The van der Waals surface area contributed by atoms with Gasteiger partial charge in [0.25, 0.3) is 0 Å². The van der Waals surface area contributed by atoms with E-state index >= 15 is 0 Å². The molecule has 0 fully saturated rings. The zero-order chi connectivity index (χ0) is 16.6. The zero-order valence-electron chi connectivity index (χ0n) is 12.9. The molecule has 0 aliphatic carbocycles. The Morgan fingerprint density at radius 2 is 1.74 bits per heavy atom.